The molecule has 1 heterocycles. The molecule has 1 aromatic heterocycles. The lowest BCUT2D eigenvalue weighted by molar-refractivity contribution is 0.0950. The van der Waals surface area contributed by atoms with Crippen molar-refractivity contribution in [2.75, 3.05) is 0 Å². The molecule has 33 heavy (non-hydrogen) atoms. The summed E-state index contributed by atoms with van der Waals surface area (Å²) in [6, 6.07) is 23.2. The number of amides is 1. The van der Waals surface area contributed by atoms with Crippen molar-refractivity contribution in [1.29, 1.82) is 0 Å². The number of sulfonamides is 1. The van der Waals surface area contributed by atoms with Crippen LogP contribution in [0.2, 0.25) is 0 Å². The van der Waals surface area contributed by atoms with Crippen LogP contribution in [-0.4, -0.2) is 23.9 Å². The van der Waals surface area contributed by atoms with Crippen molar-refractivity contribution < 1.29 is 13.2 Å². The molecule has 0 aliphatic heterocycles. The summed E-state index contributed by atoms with van der Waals surface area (Å²) in [6.07, 6.45) is 5.41. The molecule has 3 aromatic carbocycles. The number of hydrogen-bond acceptors (Lipinski definition) is 4. The Morgan fingerprint density at radius 2 is 1.58 bits per heavy atom. The second-order valence-electron chi connectivity index (χ2n) is 7.57. The van der Waals surface area contributed by atoms with Gasteiger partial charge in [-0.25, -0.2) is 18.1 Å². The molecule has 168 valence electrons. The number of hydrogen-bond donors (Lipinski definition) is 2. The zero-order valence-electron chi connectivity index (χ0n) is 17.9. The lowest BCUT2D eigenvalue weighted by Gasteiger charge is -2.10. The van der Waals surface area contributed by atoms with Gasteiger partial charge in [0.25, 0.3) is 5.91 Å². The largest absolute Gasteiger partial charge is 0.348 e. The van der Waals surface area contributed by atoms with E-state index < -0.39 is 10.0 Å². The van der Waals surface area contributed by atoms with Crippen LogP contribution in [0.1, 0.15) is 27.0 Å². The van der Waals surface area contributed by atoms with E-state index in [4.69, 9.17) is 0 Å². The molecule has 0 saturated heterocycles. The Labute approximate surface area is 193 Å². The molecule has 4 aromatic rings. The van der Waals surface area contributed by atoms with Crippen LogP contribution in [0.15, 0.2) is 102 Å². The van der Waals surface area contributed by atoms with Crippen LogP contribution >= 0.6 is 0 Å². The zero-order valence-corrected chi connectivity index (χ0v) is 18.7. The first-order valence-corrected chi connectivity index (χ1v) is 11.9. The van der Waals surface area contributed by atoms with Gasteiger partial charge in [-0.15, -0.1) is 0 Å². The zero-order chi connectivity index (χ0) is 23.1. The molecule has 0 atom stereocenters. The predicted octanol–water partition coefficient (Wildman–Crippen LogP) is 3.34. The molecule has 8 heteroatoms. The summed E-state index contributed by atoms with van der Waals surface area (Å²) in [6.45, 7) is 1.25. The molecule has 0 aliphatic rings. The van der Waals surface area contributed by atoms with E-state index in [1.807, 2.05) is 65.4 Å². The number of rotatable bonds is 9. The number of carbonyl (C=O) groups is 1. The minimum absolute atomic E-state index is 0.0509. The first-order chi connectivity index (χ1) is 16.0. The molecular formula is C25H24N4O3S. The normalized spacial score (nSPS) is 11.3. The second-order valence-corrected chi connectivity index (χ2v) is 9.34. The predicted molar refractivity (Wildman–Crippen MR) is 126 cm³/mol. The van der Waals surface area contributed by atoms with Crippen LogP contribution in [0.5, 0.6) is 0 Å². The topological polar surface area (TPSA) is 93.1 Å². The van der Waals surface area contributed by atoms with Gasteiger partial charge in [-0.3, -0.25) is 4.79 Å². The van der Waals surface area contributed by atoms with Gasteiger partial charge in [-0.2, -0.15) is 0 Å². The molecule has 2 N–H and O–H groups in total. The van der Waals surface area contributed by atoms with Crippen molar-refractivity contribution >= 4 is 15.9 Å². The van der Waals surface area contributed by atoms with Gasteiger partial charge in [0.2, 0.25) is 10.0 Å². The Balaban J connectivity index is 1.35. The number of carbonyl (C=O) groups excluding carboxylic acids is 1. The third kappa shape index (κ3) is 6.15. The van der Waals surface area contributed by atoms with Crippen molar-refractivity contribution in [1.82, 2.24) is 19.6 Å². The highest BCUT2D eigenvalue weighted by molar-refractivity contribution is 7.89. The van der Waals surface area contributed by atoms with Gasteiger partial charge in [-0.1, -0.05) is 60.7 Å². The van der Waals surface area contributed by atoms with E-state index in [1.165, 1.54) is 12.1 Å². The fraction of sp³-hybridized carbons (Fsp3) is 0.120. The van der Waals surface area contributed by atoms with Crippen LogP contribution in [-0.2, 0) is 29.7 Å². The summed E-state index contributed by atoms with van der Waals surface area (Å²) in [5.41, 5.74) is 3.22. The Morgan fingerprint density at radius 1 is 0.848 bits per heavy atom. The van der Waals surface area contributed by atoms with E-state index in [0.717, 1.165) is 23.2 Å². The Hall–Kier alpha value is -3.75. The molecule has 0 spiro atoms. The van der Waals surface area contributed by atoms with E-state index >= 15 is 0 Å². The Bertz CT molecular complexity index is 1300. The van der Waals surface area contributed by atoms with Gasteiger partial charge in [0.15, 0.2) is 0 Å². The first kappa shape index (κ1) is 22.4. The maximum atomic E-state index is 12.7. The smallest absolute Gasteiger partial charge is 0.251 e. The third-order valence-corrected chi connectivity index (χ3v) is 6.51. The van der Waals surface area contributed by atoms with Gasteiger partial charge in [0, 0.05) is 37.6 Å². The Kier molecular flexibility index (Phi) is 6.97. The van der Waals surface area contributed by atoms with Gasteiger partial charge < -0.3 is 9.88 Å². The standard InChI is InChI=1S/C25H24N4O3S/c30-25(27-16-21-9-11-22(12-10-21)18-29-14-13-26-19-29)23-7-4-8-24(15-23)33(31,32)28-17-20-5-2-1-3-6-20/h1-15,19,28H,16-18H2,(H,27,30). The van der Waals surface area contributed by atoms with Crippen LogP contribution in [0, 0.1) is 0 Å². The summed E-state index contributed by atoms with van der Waals surface area (Å²) >= 11 is 0. The highest BCUT2D eigenvalue weighted by atomic mass is 32.2. The fourth-order valence-corrected chi connectivity index (χ4v) is 4.36. The SMILES string of the molecule is O=C(NCc1ccc(Cn2ccnc2)cc1)c1cccc(S(=O)(=O)NCc2ccccc2)c1. The van der Waals surface area contributed by atoms with E-state index in [9.17, 15) is 13.2 Å². The number of benzene rings is 3. The van der Waals surface area contributed by atoms with Crippen LogP contribution in [0.4, 0.5) is 0 Å². The number of aromatic nitrogens is 2. The average Bonchev–Trinajstić information content (AvgIpc) is 3.36. The van der Waals surface area contributed by atoms with Crippen molar-refractivity contribution in [3.8, 4) is 0 Å². The van der Waals surface area contributed by atoms with Crippen molar-refractivity contribution in [3.63, 3.8) is 0 Å². The summed E-state index contributed by atoms with van der Waals surface area (Å²) in [4.78, 5) is 16.7. The van der Waals surface area contributed by atoms with Gasteiger partial charge >= 0.3 is 0 Å². The molecule has 1 amide bonds. The van der Waals surface area contributed by atoms with E-state index in [-0.39, 0.29) is 22.9 Å². The molecule has 0 bridgehead atoms. The number of nitrogens with one attached hydrogen (secondary N) is 2. The average molecular weight is 461 g/mol. The summed E-state index contributed by atoms with van der Waals surface area (Å²) in [7, 11) is -3.74. The minimum Gasteiger partial charge on any atom is -0.348 e. The van der Waals surface area contributed by atoms with Gasteiger partial charge in [0.1, 0.15) is 0 Å². The van der Waals surface area contributed by atoms with Crippen molar-refractivity contribution in [3.05, 3.63) is 120 Å². The quantitative estimate of drug-likeness (QED) is 0.401. The summed E-state index contributed by atoms with van der Waals surface area (Å²) in [5.74, 6) is -0.336. The van der Waals surface area contributed by atoms with E-state index in [1.54, 1.807) is 24.7 Å². The van der Waals surface area contributed by atoms with E-state index in [2.05, 4.69) is 15.0 Å². The molecule has 7 nitrogen and oxygen atoms in total. The number of nitrogens with zero attached hydrogens (tertiary/aromatic N) is 2. The van der Waals surface area contributed by atoms with Gasteiger partial charge in [0.05, 0.1) is 11.2 Å². The maximum Gasteiger partial charge on any atom is 0.251 e. The molecule has 0 radical (unpaired) electrons. The highest BCUT2D eigenvalue weighted by Gasteiger charge is 2.16. The molecule has 0 unspecified atom stereocenters. The summed E-state index contributed by atoms with van der Waals surface area (Å²) < 4.78 is 29.9. The lowest BCUT2D eigenvalue weighted by atomic mass is 10.1. The van der Waals surface area contributed by atoms with Crippen LogP contribution in [0.3, 0.4) is 0 Å². The molecule has 0 saturated carbocycles. The van der Waals surface area contributed by atoms with Crippen LogP contribution in [0.25, 0.3) is 0 Å². The number of imidazole rings is 1. The molecule has 0 fully saturated rings. The second kappa shape index (κ2) is 10.2. The molecule has 4 rings (SSSR count). The Morgan fingerprint density at radius 3 is 2.30 bits per heavy atom. The minimum atomic E-state index is -3.74. The maximum absolute atomic E-state index is 12.7. The fourth-order valence-electron chi connectivity index (χ4n) is 3.30. The highest BCUT2D eigenvalue weighted by Crippen LogP contribution is 2.13. The molecule has 0 aliphatic carbocycles. The summed E-state index contributed by atoms with van der Waals surface area (Å²) in [5, 5.41) is 2.85. The first-order valence-electron chi connectivity index (χ1n) is 10.4. The third-order valence-electron chi connectivity index (χ3n) is 5.12. The van der Waals surface area contributed by atoms with E-state index in [0.29, 0.717) is 6.54 Å². The molecular weight excluding hydrogens is 436 g/mol. The van der Waals surface area contributed by atoms with Crippen molar-refractivity contribution in [2.24, 2.45) is 0 Å². The van der Waals surface area contributed by atoms with Crippen LogP contribution < -0.4 is 10.0 Å². The lowest BCUT2D eigenvalue weighted by Crippen LogP contribution is -2.25. The monoisotopic (exact) mass is 460 g/mol. The van der Waals surface area contributed by atoms with Gasteiger partial charge in [-0.05, 0) is 34.9 Å². The van der Waals surface area contributed by atoms with Crippen molar-refractivity contribution in [2.45, 2.75) is 24.5 Å².